The van der Waals surface area contributed by atoms with Crippen LogP contribution in [0.5, 0.6) is 0 Å². The van der Waals surface area contributed by atoms with Gasteiger partial charge >= 0.3 is 0 Å². The van der Waals surface area contributed by atoms with Crippen LogP contribution in [0.25, 0.3) is 11.1 Å². The molecule has 0 aliphatic heterocycles. The van der Waals surface area contributed by atoms with Gasteiger partial charge in [0.15, 0.2) is 0 Å². The van der Waals surface area contributed by atoms with Crippen LogP contribution in [0.1, 0.15) is 36.1 Å². The summed E-state index contributed by atoms with van der Waals surface area (Å²) in [5.74, 6) is 0.621. The van der Waals surface area contributed by atoms with E-state index in [9.17, 15) is 0 Å². The molecule has 0 saturated heterocycles. The van der Waals surface area contributed by atoms with Crippen molar-refractivity contribution in [2.75, 3.05) is 0 Å². The topological polar surface area (TPSA) is 25.5 Å². The summed E-state index contributed by atoms with van der Waals surface area (Å²) in [6.07, 6.45) is 2.49. The molecule has 114 valence electrons. The van der Waals surface area contributed by atoms with Crippen LogP contribution in [-0.2, 0) is 11.8 Å². The summed E-state index contributed by atoms with van der Waals surface area (Å²) in [5.41, 5.74) is 7.93. The standard InChI is InChI=1S/C21H19NO/c1-21(2)18-10-5-4-8-16(18)17-9-6-7-14(19(17)21)13-15-11-12-23-20(15)22-3/h4-12H,3,13H2,1-2H3. The normalized spacial score (nSPS) is 14.3. The second-order valence-electron chi connectivity index (χ2n) is 6.60. The highest BCUT2D eigenvalue weighted by molar-refractivity contribution is 5.82. The fraction of sp³-hybridized carbons (Fsp3) is 0.190. The van der Waals surface area contributed by atoms with Crippen molar-refractivity contribution >= 4 is 12.6 Å². The van der Waals surface area contributed by atoms with Gasteiger partial charge in [0.05, 0.1) is 6.26 Å². The van der Waals surface area contributed by atoms with Crippen LogP contribution < -0.4 is 0 Å². The molecule has 23 heavy (non-hydrogen) atoms. The fourth-order valence-corrected chi connectivity index (χ4v) is 3.91. The lowest BCUT2D eigenvalue weighted by molar-refractivity contribution is 0.576. The third-order valence-electron chi connectivity index (χ3n) is 4.91. The van der Waals surface area contributed by atoms with Crippen molar-refractivity contribution in [1.82, 2.24) is 0 Å². The van der Waals surface area contributed by atoms with E-state index in [0.29, 0.717) is 5.88 Å². The Bertz CT molecular complexity index is 902. The van der Waals surface area contributed by atoms with Crippen LogP contribution in [-0.4, -0.2) is 6.72 Å². The zero-order valence-corrected chi connectivity index (χ0v) is 13.5. The molecule has 0 amide bonds. The number of aliphatic imine (C=N–C) groups is 1. The molecule has 0 fully saturated rings. The zero-order chi connectivity index (χ0) is 16.0. The molecule has 1 aliphatic carbocycles. The van der Waals surface area contributed by atoms with Crippen molar-refractivity contribution in [3.63, 3.8) is 0 Å². The molecule has 2 aromatic carbocycles. The van der Waals surface area contributed by atoms with E-state index in [-0.39, 0.29) is 5.41 Å². The van der Waals surface area contributed by atoms with E-state index in [4.69, 9.17) is 4.42 Å². The molecular weight excluding hydrogens is 282 g/mol. The van der Waals surface area contributed by atoms with Crippen LogP contribution in [0.4, 0.5) is 5.88 Å². The number of hydrogen-bond donors (Lipinski definition) is 0. The minimum atomic E-state index is 0.00796. The Morgan fingerprint density at radius 1 is 0.957 bits per heavy atom. The molecule has 2 heteroatoms. The lowest BCUT2D eigenvalue weighted by Gasteiger charge is -2.24. The average Bonchev–Trinajstić information content (AvgIpc) is 3.10. The number of rotatable bonds is 3. The van der Waals surface area contributed by atoms with Crippen LogP contribution >= 0.6 is 0 Å². The molecule has 1 heterocycles. The first-order valence-electron chi connectivity index (χ1n) is 7.88. The molecule has 1 aliphatic rings. The van der Waals surface area contributed by atoms with Gasteiger partial charge in [0.25, 0.3) is 0 Å². The second-order valence-corrected chi connectivity index (χ2v) is 6.60. The van der Waals surface area contributed by atoms with Gasteiger partial charge in [0, 0.05) is 17.4 Å². The first kappa shape index (κ1) is 14.0. The number of benzene rings is 2. The van der Waals surface area contributed by atoms with Crippen molar-refractivity contribution in [3.8, 4) is 11.1 Å². The van der Waals surface area contributed by atoms with Crippen molar-refractivity contribution in [1.29, 1.82) is 0 Å². The molecule has 0 atom stereocenters. The molecular formula is C21H19NO. The summed E-state index contributed by atoms with van der Waals surface area (Å²) in [4.78, 5) is 3.98. The van der Waals surface area contributed by atoms with Crippen molar-refractivity contribution in [3.05, 3.63) is 77.0 Å². The van der Waals surface area contributed by atoms with Gasteiger partial charge in [-0.25, -0.2) is 4.99 Å². The lowest BCUT2D eigenvalue weighted by Crippen LogP contribution is -2.17. The third-order valence-corrected chi connectivity index (χ3v) is 4.91. The minimum absolute atomic E-state index is 0.00796. The average molecular weight is 301 g/mol. The van der Waals surface area contributed by atoms with E-state index >= 15 is 0 Å². The maximum atomic E-state index is 5.39. The van der Waals surface area contributed by atoms with Crippen molar-refractivity contribution < 1.29 is 4.42 Å². The monoisotopic (exact) mass is 301 g/mol. The Hall–Kier alpha value is -2.61. The number of fused-ring (bicyclic) bond motifs is 3. The van der Waals surface area contributed by atoms with E-state index in [2.05, 4.69) is 68.0 Å². The maximum Gasteiger partial charge on any atom is 0.221 e. The Kier molecular flexibility index (Phi) is 3.02. The summed E-state index contributed by atoms with van der Waals surface area (Å²) in [6.45, 7) is 8.21. The maximum absolute atomic E-state index is 5.39. The molecule has 0 unspecified atom stereocenters. The van der Waals surface area contributed by atoms with Crippen LogP contribution in [0.2, 0.25) is 0 Å². The number of hydrogen-bond acceptors (Lipinski definition) is 2. The Morgan fingerprint density at radius 3 is 2.57 bits per heavy atom. The van der Waals surface area contributed by atoms with Gasteiger partial charge in [0.1, 0.15) is 0 Å². The first-order valence-corrected chi connectivity index (χ1v) is 7.88. The van der Waals surface area contributed by atoms with Crippen LogP contribution in [0.3, 0.4) is 0 Å². The molecule has 0 bridgehead atoms. The Labute approximate surface area is 136 Å². The molecule has 0 radical (unpaired) electrons. The third kappa shape index (κ3) is 1.98. The second kappa shape index (κ2) is 4.95. The molecule has 0 spiro atoms. The SMILES string of the molecule is C=Nc1occc1Cc1cccc2c1C(C)(C)c1ccccc1-2. The van der Waals surface area contributed by atoms with Gasteiger partial charge in [-0.1, -0.05) is 56.3 Å². The fourth-order valence-electron chi connectivity index (χ4n) is 3.91. The molecule has 1 aromatic heterocycles. The van der Waals surface area contributed by atoms with Gasteiger partial charge in [-0.3, -0.25) is 0 Å². The van der Waals surface area contributed by atoms with Crippen molar-refractivity contribution in [2.24, 2.45) is 4.99 Å². The highest BCUT2D eigenvalue weighted by atomic mass is 16.3. The van der Waals surface area contributed by atoms with E-state index in [1.807, 2.05) is 6.07 Å². The van der Waals surface area contributed by atoms with Gasteiger partial charge in [-0.15, -0.1) is 0 Å². The van der Waals surface area contributed by atoms with E-state index in [1.165, 1.54) is 27.8 Å². The molecule has 0 saturated carbocycles. The van der Waals surface area contributed by atoms with Gasteiger partial charge < -0.3 is 4.42 Å². The lowest BCUT2D eigenvalue weighted by atomic mass is 9.79. The van der Waals surface area contributed by atoms with Gasteiger partial charge in [-0.2, -0.15) is 0 Å². The van der Waals surface area contributed by atoms with E-state index < -0.39 is 0 Å². The van der Waals surface area contributed by atoms with Crippen LogP contribution in [0, 0.1) is 0 Å². The number of furan rings is 1. The molecule has 4 rings (SSSR count). The predicted molar refractivity (Wildman–Crippen MR) is 94.7 cm³/mol. The summed E-state index contributed by atoms with van der Waals surface area (Å²) in [5, 5.41) is 0. The Balaban J connectivity index is 1.89. The molecule has 2 nitrogen and oxygen atoms in total. The quantitative estimate of drug-likeness (QED) is 0.586. The number of nitrogens with zero attached hydrogens (tertiary/aromatic N) is 1. The van der Waals surface area contributed by atoms with Gasteiger partial charge in [0.2, 0.25) is 5.88 Å². The summed E-state index contributed by atoms with van der Waals surface area (Å²) >= 11 is 0. The predicted octanol–water partition coefficient (Wildman–Crippen LogP) is 5.51. The molecule has 0 N–H and O–H groups in total. The first-order chi connectivity index (χ1) is 11.1. The van der Waals surface area contributed by atoms with E-state index in [1.54, 1.807) is 6.26 Å². The highest BCUT2D eigenvalue weighted by Gasteiger charge is 2.36. The zero-order valence-electron chi connectivity index (χ0n) is 13.5. The van der Waals surface area contributed by atoms with Crippen molar-refractivity contribution in [2.45, 2.75) is 25.7 Å². The smallest absolute Gasteiger partial charge is 0.221 e. The van der Waals surface area contributed by atoms with Crippen LogP contribution in [0.15, 0.2) is 64.2 Å². The largest absolute Gasteiger partial charge is 0.446 e. The van der Waals surface area contributed by atoms with E-state index in [0.717, 1.165) is 12.0 Å². The highest BCUT2D eigenvalue weighted by Crippen LogP contribution is 2.50. The summed E-state index contributed by atoms with van der Waals surface area (Å²) < 4.78 is 5.39. The Morgan fingerprint density at radius 2 is 1.74 bits per heavy atom. The summed E-state index contributed by atoms with van der Waals surface area (Å²) in [7, 11) is 0. The minimum Gasteiger partial charge on any atom is -0.446 e. The summed E-state index contributed by atoms with van der Waals surface area (Å²) in [6, 6.07) is 17.3. The van der Waals surface area contributed by atoms with Gasteiger partial charge in [-0.05, 0) is 40.6 Å². The molecule has 3 aromatic rings.